The van der Waals surface area contributed by atoms with Crippen LogP contribution in [0.5, 0.6) is 0 Å². The summed E-state index contributed by atoms with van der Waals surface area (Å²) in [6.45, 7) is 0.249. The van der Waals surface area contributed by atoms with E-state index in [0.29, 0.717) is 18.6 Å². The molecule has 0 aromatic heterocycles. The van der Waals surface area contributed by atoms with E-state index < -0.39 is 23.6 Å². The van der Waals surface area contributed by atoms with Crippen LogP contribution in [0, 0.1) is 11.7 Å². The van der Waals surface area contributed by atoms with E-state index in [1.54, 1.807) is 0 Å². The lowest BCUT2D eigenvalue weighted by Crippen LogP contribution is -2.54. The highest BCUT2D eigenvalue weighted by Crippen LogP contribution is 2.35. The summed E-state index contributed by atoms with van der Waals surface area (Å²) >= 11 is 0. The topological polar surface area (TPSA) is 49.4 Å². The number of urea groups is 1. The lowest BCUT2D eigenvalue weighted by molar-refractivity contribution is -0.140. The minimum absolute atomic E-state index is 0.122. The number of likely N-dealkylation sites (tertiary alicyclic amines) is 1. The number of nitrogens with one attached hydrogen (secondary N) is 1. The van der Waals surface area contributed by atoms with Crippen LogP contribution in [0.15, 0.2) is 18.2 Å². The molecule has 3 rings (SSSR count). The largest absolute Gasteiger partial charge is 0.419 e. The second kappa shape index (κ2) is 6.65. The summed E-state index contributed by atoms with van der Waals surface area (Å²) in [4.78, 5) is 26.1. The van der Waals surface area contributed by atoms with Crippen LogP contribution in [0.1, 0.15) is 37.7 Å². The lowest BCUT2D eigenvalue weighted by atomic mass is 9.77. The van der Waals surface area contributed by atoms with Gasteiger partial charge in [0.05, 0.1) is 5.56 Å². The van der Waals surface area contributed by atoms with E-state index in [9.17, 15) is 27.2 Å². The predicted octanol–water partition coefficient (Wildman–Crippen LogP) is 4.21. The number of hydrogen-bond acceptors (Lipinski definition) is 2. The second-order valence-electron chi connectivity index (χ2n) is 6.49. The van der Waals surface area contributed by atoms with Crippen molar-refractivity contribution in [1.82, 2.24) is 4.90 Å². The summed E-state index contributed by atoms with van der Waals surface area (Å²) in [6.07, 6.45) is -1.28. The molecule has 8 heteroatoms. The Morgan fingerprint density at radius 1 is 1.20 bits per heavy atom. The van der Waals surface area contributed by atoms with Crippen molar-refractivity contribution in [3.05, 3.63) is 29.6 Å². The monoisotopic (exact) mass is 358 g/mol. The summed E-state index contributed by atoms with van der Waals surface area (Å²) in [5.41, 5.74) is -1.54. The summed E-state index contributed by atoms with van der Waals surface area (Å²) < 4.78 is 51.7. The zero-order chi connectivity index (χ0) is 18.2. The highest BCUT2D eigenvalue weighted by Gasteiger charge is 2.40. The average Bonchev–Trinajstić information content (AvgIpc) is 2.56. The number of hydrogen-bond donors (Lipinski definition) is 1. The van der Waals surface area contributed by atoms with Crippen molar-refractivity contribution in [2.75, 3.05) is 11.9 Å². The van der Waals surface area contributed by atoms with E-state index in [2.05, 4.69) is 5.32 Å². The number of alkyl halides is 3. The average molecular weight is 358 g/mol. The van der Waals surface area contributed by atoms with E-state index in [1.807, 2.05) is 0 Å². The van der Waals surface area contributed by atoms with Gasteiger partial charge in [-0.3, -0.25) is 4.79 Å². The Labute approximate surface area is 142 Å². The van der Waals surface area contributed by atoms with Gasteiger partial charge in [0.2, 0.25) is 0 Å². The SMILES string of the molecule is O=C1CCN(C(=O)Nc2ccc(F)c(C(F)(F)F)c2)[C@H]2CCCC[C@H]12. The third kappa shape index (κ3) is 3.62. The number of amides is 2. The second-order valence-corrected chi connectivity index (χ2v) is 6.49. The molecule has 1 aromatic rings. The van der Waals surface area contributed by atoms with Crippen molar-refractivity contribution >= 4 is 17.5 Å². The Morgan fingerprint density at radius 2 is 1.92 bits per heavy atom. The smallest absolute Gasteiger partial charge is 0.320 e. The molecular weight excluding hydrogens is 340 g/mol. The molecule has 1 aliphatic carbocycles. The number of rotatable bonds is 1. The Kier molecular flexibility index (Phi) is 4.71. The van der Waals surface area contributed by atoms with Gasteiger partial charge in [-0.1, -0.05) is 12.8 Å². The first kappa shape index (κ1) is 17.7. The van der Waals surface area contributed by atoms with Crippen LogP contribution < -0.4 is 5.32 Å². The minimum Gasteiger partial charge on any atom is -0.320 e. The van der Waals surface area contributed by atoms with Gasteiger partial charge in [0, 0.05) is 30.6 Å². The van der Waals surface area contributed by atoms with Gasteiger partial charge in [-0.05, 0) is 31.0 Å². The van der Waals surface area contributed by atoms with Crippen LogP contribution in [-0.4, -0.2) is 29.3 Å². The molecule has 0 bridgehead atoms. The molecule has 1 aliphatic heterocycles. The highest BCUT2D eigenvalue weighted by atomic mass is 19.4. The number of ketones is 1. The molecule has 2 amide bonds. The van der Waals surface area contributed by atoms with Crippen LogP contribution in [-0.2, 0) is 11.0 Å². The molecule has 1 N–H and O–H groups in total. The maximum absolute atomic E-state index is 13.3. The number of Topliss-reactive ketones (excluding diaryl/α,β-unsaturated/α-hetero) is 1. The fourth-order valence-corrected chi connectivity index (χ4v) is 3.71. The van der Waals surface area contributed by atoms with Crippen LogP contribution in [0.4, 0.5) is 28.0 Å². The van der Waals surface area contributed by atoms with E-state index in [0.717, 1.165) is 25.3 Å². The van der Waals surface area contributed by atoms with Crippen molar-refractivity contribution in [1.29, 1.82) is 0 Å². The first-order valence-corrected chi connectivity index (χ1v) is 8.24. The molecular formula is C17H18F4N2O2. The Balaban J connectivity index is 1.77. The lowest BCUT2D eigenvalue weighted by Gasteiger charge is -2.42. The summed E-state index contributed by atoms with van der Waals surface area (Å²) in [6, 6.07) is 1.60. The number of nitrogens with zero attached hydrogens (tertiary/aromatic N) is 1. The van der Waals surface area contributed by atoms with Crippen LogP contribution in [0.2, 0.25) is 0 Å². The Hall–Kier alpha value is -2.12. The van der Waals surface area contributed by atoms with Gasteiger partial charge in [0.25, 0.3) is 0 Å². The number of piperidine rings is 1. The molecule has 4 nitrogen and oxygen atoms in total. The van der Waals surface area contributed by atoms with Gasteiger partial charge in [0.15, 0.2) is 0 Å². The van der Waals surface area contributed by atoms with Gasteiger partial charge >= 0.3 is 12.2 Å². The van der Waals surface area contributed by atoms with E-state index in [-0.39, 0.29) is 36.4 Å². The standard InChI is InChI=1S/C17H18F4N2O2/c18-13-6-5-10(9-12(13)17(19,20)21)22-16(25)23-8-7-15(24)11-3-1-2-4-14(11)23/h5-6,9,11,14H,1-4,7-8H2,(H,22,25)/t11-,14-/m0/s1. The Bertz CT molecular complexity index is 690. The zero-order valence-electron chi connectivity index (χ0n) is 13.4. The van der Waals surface area contributed by atoms with Crippen molar-refractivity contribution in [2.45, 2.75) is 44.3 Å². The van der Waals surface area contributed by atoms with Gasteiger partial charge < -0.3 is 10.2 Å². The summed E-state index contributed by atoms with van der Waals surface area (Å²) in [5.74, 6) is -1.43. The van der Waals surface area contributed by atoms with Crippen molar-refractivity contribution in [3.63, 3.8) is 0 Å². The quantitative estimate of drug-likeness (QED) is 0.765. The fourth-order valence-electron chi connectivity index (χ4n) is 3.71. The van der Waals surface area contributed by atoms with Gasteiger partial charge in [-0.15, -0.1) is 0 Å². The molecule has 2 fully saturated rings. The maximum Gasteiger partial charge on any atom is 0.419 e. The molecule has 1 saturated heterocycles. The molecule has 2 aliphatic rings. The summed E-state index contributed by atoms with van der Waals surface area (Å²) in [5, 5.41) is 2.41. The third-order valence-electron chi connectivity index (χ3n) is 4.93. The van der Waals surface area contributed by atoms with Crippen molar-refractivity contribution < 1.29 is 27.2 Å². The molecule has 1 saturated carbocycles. The van der Waals surface area contributed by atoms with Crippen LogP contribution in [0.3, 0.4) is 0 Å². The molecule has 1 heterocycles. The highest BCUT2D eigenvalue weighted by molar-refractivity contribution is 5.92. The fraction of sp³-hybridized carbons (Fsp3) is 0.529. The molecule has 1 aromatic carbocycles. The first-order chi connectivity index (χ1) is 11.8. The molecule has 136 valence electrons. The minimum atomic E-state index is -4.84. The van der Waals surface area contributed by atoms with Gasteiger partial charge in [-0.2, -0.15) is 13.2 Å². The number of carbonyl (C=O) groups is 2. The first-order valence-electron chi connectivity index (χ1n) is 8.24. The number of halogens is 4. The number of anilines is 1. The molecule has 25 heavy (non-hydrogen) atoms. The van der Waals surface area contributed by atoms with Gasteiger partial charge in [-0.25, -0.2) is 9.18 Å². The van der Waals surface area contributed by atoms with Gasteiger partial charge in [0.1, 0.15) is 11.6 Å². The van der Waals surface area contributed by atoms with Crippen molar-refractivity contribution in [3.8, 4) is 0 Å². The van der Waals surface area contributed by atoms with Crippen LogP contribution in [0.25, 0.3) is 0 Å². The zero-order valence-corrected chi connectivity index (χ0v) is 13.4. The molecule has 0 spiro atoms. The molecule has 0 unspecified atom stereocenters. The number of carbonyl (C=O) groups excluding carboxylic acids is 2. The number of benzene rings is 1. The normalized spacial score (nSPS) is 24.0. The molecule has 0 radical (unpaired) electrons. The molecule has 2 atom stereocenters. The van der Waals surface area contributed by atoms with Crippen LogP contribution >= 0.6 is 0 Å². The Morgan fingerprint density at radius 3 is 2.64 bits per heavy atom. The van der Waals surface area contributed by atoms with E-state index in [1.165, 1.54) is 4.90 Å². The predicted molar refractivity (Wildman–Crippen MR) is 82.5 cm³/mol. The van der Waals surface area contributed by atoms with E-state index in [4.69, 9.17) is 0 Å². The maximum atomic E-state index is 13.3. The summed E-state index contributed by atoms with van der Waals surface area (Å²) in [7, 11) is 0. The van der Waals surface area contributed by atoms with E-state index >= 15 is 0 Å². The third-order valence-corrected chi connectivity index (χ3v) is 4.93. The number of fused-ring (bicyclic) bond motifs is 1. The van der Waals surface area contributed by atoms with Crippen molar-refractivity contribution in [2.24, 2.45) is 5.92 Å².